The van der Waals surface area contributed by atoms with E-state index in [1.807, 2.05) is 19.1 Å². The van der Waals surface area contributed by atoms with Crippen LogP contribution in [0.3, 0.4) is 0 Å². The smallest absolute Gasteiger partial charge is 0.243 e. The van der Waals surface area contributed by atoms with Crippen molar-refractivity contribution in [3.05, 3.63) is 58.6 Å². The molecule has 0 N–H and O–H groups in total. The topological polar surface area (TPSA) is 40.6 Å². The van der Waals surface area contributed by atoms with Crippen molar-refractivity contribution in [2.45, 2.75) is 18.7 Å². The van der Waals surface area contributed by atoms with Gasteiger partial charge in [-0.05, 0) is 43.2 Å². The highest BCUT2D eigenvalue weighted by molar-refractivity contribution is 7.89. The zero-order valence-corrected chi connectivity index (χ0v) is 15.4. The second kappa shape index (κ2) is 6.75. The molecule has 1 aliphatic heterocycles. The van der Waals surface area contributed by atoms with Gasteiger partial charge in [0.2, 0.25) is 10.0 Å². The largest absolute Gasteiger partial charge is 0.369 e. The van der Waals surface area contributed by atoms with Crippen LogP contribution < -0.4 is 4.90 Å². The van der Waals surface area contributed by atoms with Crippen molar-refractivity contribution in [1.82, 2.24) is 4.31 Å². The molecule has 2 aromatic rings. The third kappa shape index (κ3) is 3.29. The highest BCUT2D eigenvalue weighted by Crippen LogP contribution is 2.25. The van der Waals surface area contributed by atoms with Crippen molar-refractivity contribution >= 4 is 27.3 Å². The van der Waals surface area contributed by atoms with Crippen LogP contribution >= 0.6 is 11.6 Å². The Balaban J connectivity index is 1.76. The van der Waals surface area contributed by atoms with E-state index in [9.17, 15) is 8.42 Å². The summed E-state index contributed by atoms with van der Waals surface area (Å²) in [5, 5.41) is 0.481. The van der Waals surface area contributed by atoms with Gasteiger partial charge in [-0.25, -0.2) is 8.42 Å². The Bertz CT molecular complexity index is 844. The fourth-order valence-electron chi connectivity index (χ4n) is 2.97. The number of benzene rings is 2. The molecule has 4 nitrogen and oxygen atoms in total. The zero-order chi connectivity index (χ0) is 17.3. The number of anilines is 1. The van der Waals surface area contributed by atoms with Crippen molar-refractivity contribution < 1.29 is 8.42 Å². The molecule has 0 atom stereocenters. The fraction of sp³-hybridized carbons (Fsp3) is 0.333. The van der Waals surface area contributed by atoms with E-state index in [0.717, 1.165) is 5.56 Å². The second-order valence-electron chi connectivity index (χ2n) is 6.09. The second-order valence-corrected chi connectivity index (χ2v) is 8.43. The van der Waals surface area contributed by atoms with Crippen LogP contribution in [-0.4, -0.2) is 38.9 Å². The predicted octanol–water partition coefficient (Wildman–Crippen LogP) is 3.47. The number of para-hydroxylation sites is 1. The minimum absolute atomic E-state index is 0.266. The van der Waals surface area contributed by atoms with Crippen molar-refractivity contribution in [1.29, 1.82) is 0 Å². The normalized spacial score (nSPS) is 16.4. The lowest BCUT2D eigenvalue weighted by molar-refractivity contribution is 0.385. The quantitative estimate of drug-likeness (QED) is 0.837. The molecule has 6 heteroatoms. The number of rotatable bonds is 3. The Labute approximate surface area is 148 Å². The number of hydrogen-bond donors (Lipinski definition) is 0. The Morgan fingerprint density at radius 2 is 1.58 bits per heavy atom. The molecule has 24 heavy (non-hydrogen) atoms. The molecular weight excluding hydrogens is 344 g/mol. The maximum atomic E-state index is 12.8. The van der Waals surface area contributed by atoms with Gasteiger partial charge in [0.25, 0.3) is 0 Å². The van der Waals surface area contributed by atoms with Crippen LogP contribution in [0.4, 0.5) is 5.69 Å². The molecule has 1 heterocycles. The van der Waals surface area contributed by atoms with Gasteiger partial charge in [-0.15, -0.1) is 0 Å². The molecule has 1 aliphatic rings. The number of nitrogens with zero attached hydrogens (tertiary/aromatic N) is 2. The number of piperazine rings is 1. The molecule has 0 radical (unpaired) electrons. The summed E-state index contributed by atoms with van der Waals surface area (Å²) in [5.41, 5.74) is 3.26. The third-order valence-electron chi connectivity index (χ3n) is 4.48. The van der Waals surface area contributed by atoms with Crippen molar-refractivity contribution in [3.8, 4) is 0 Å². The Kier molecular flexibility index (Phi) is 4.85. The summed E-state index contributed by atoms with van der Waals surface area (Å²) in [4.78, 5) is 2.51. The van der Waals surface area contributed by atoms with Crippen LogP contribution in [0.5, 0.6) is 0 Å². The van der Waals surface area contributed by atoms with Crippen molar-refractivity contribution in [2.24, 2.45) is 0 Å². The molecule has 0 amide bonds. The summed E-state index contributed by atoms with van der Waals surface area (Å²) in [7, 11) is -3.49. The first-order valence-corrected chi connectivity index (χ1v) is 9.78. The summed E-state index contributed by atoms with van der Waals surface area (Å²) < 4.78 is 27.2. The number of halogens is 1. The molecule has 2 aromatic carbocycles. The van der Waals surface area contributed by atoms with E-state index < -0.39 is 10.0 Å². The van der Waals surface area contributed by atoms with Gasteiger partial charge in [-0.1, -0.05) is 35.9 Å². The Morgan fingerprint density at radius 3 is 2.21 bits per heavy atom. The lowest BCUT2D eigenvalue weighted by atomic mass is 10.1. The summed E-state index contributed by atoms with van der Waals surface area (Å²) >= 11 is 6.09. The molecule has 1 fully saturated rings. The van der Waals surface area contributed by atoms with Crippen LogP contribution in [0.2, 0.25) is 5.02 Å². The van der Waals surface area contributed by atoms with E-state index in [1.165, 1.54) is 11.3 Å². The maximum Gasteiger partial charge on any atom is 0.243 e. The summed E-state index contributed by atoms with van der Waals surface area (Å²) in [5.74, 6) is 0. The highest BCUT2D eigenvalue weighted by atomic mass is 35.5. The monoisotopic (exact) mass is 364 g/mol. The Morgan fingerprint density at radius 1 is 0.917 bits per heavy atom. The maximum absolute atomic E-state index is 12.8. The van der Waals surface area contributed by atoms with E-state index in [-0.39, 0.29) is 4.90 Å². The Hall–Kier alpha value is -1.56. The first-order chi connectivity index (χ1) is 11.4. The molecule has 3 rings (SSSR count). The van der Waals surface area contributed by atoms with Gasteiger partial charge < -0.3 is 4.90 Å². The standard InChI is InChI=1S/C18H21ClN2O2S/c1-14-7-8-16(13-17(14)19)24(22,23)21-11-9-20(10-12-21)18-6-4-3-5-15(18)2/h3-8,13H,9-12H2,1-2H3. The summed E-state index contributed by atoms with van der Waals surface area (Å²) in [6, 6.07) is 13.1. The highest BCUT2D eigenvalue weighted by Gasteiger charge is 2.29. The van der Waals surface area contributed by atoms with E-state index in [4.69, 9.17) is 11.6 Å². The lowest BCUT2D eigenvalue weighted by Crippen LogP contribution is -2.48. The van der Waals surface area contributed by atoms with Crippen LogP contribution in [0.25, 0.3) is 0 Å². The molecule has 1 saturated heterocycles. The van der Waals surface area contributed by atoms with Gasteiger partial charge in [0, 0.05) is 36.9 Å². The molecule has 0 spiro atoms. The SMILES string of the molecule is Cc1ccc(S(=O)(=O)N2CCN(c3ccccc3C)CC2)cc1Cl. The number of sulfonamides is 1. The summed E-state index contributed by atoms with van der Waals surface area (Å²) in [6.45, 7) is 6.25. The minimum atomic E-state index is -3.49. The first kappa shape index (κ1) is 17.3. The molecule has 0 saturated carbocycles. The van der Waals surface area contributed by atoms with Crippen molar-refractivity contribution in [3.63, 3.8) is 0 Å². The van der Waals surface area contributed by atoms with Gasteiger partial charge in [0.1, 0.15) is 0 Å². The number of aryl methyl sites for hydroxylation is 2. The lowest BCUT2D eigenvalue weighted by Gasteiger charge is -2.36. The van der Waals surface area contributed by atoms with Crippen LogP contribution in [0, 0.1) is 13.8 Å². The average molecular weight is 365 g/mol. The zero-order valence-electron chi connectivity index (χ0n) is 13.9. The van der Waals surface area contributed by atoms with Gasteiger partial charge in [0.15, 0.2) is 0 Å². The predicted molar refractivity (Wildman–Crippen MR) is 98.3 cm³/mol. The first-order valence-electron chi connectivity index (χ1n) is 7.96. The van der Waals surface area contributed by atoms with E-state index in [1.54, 1.807) is 22.5 Å². The molecular formula is C18H21ClN2O2S. The third-order valence-corrected chi connectivity index (χ3v) is 6.78. The van der Waals surface area contributed by atoms with E-state index in [2.05, 4.69) is 24.0 Å². The van der Waals surface area contributed by atoms with Gasteiger partial charge >= 0.3 is 0 Å². The molecule has 128 valence electrons. The van der Waals surface area contributed by atoms with Crippen LogP contribution in [0.1, 0.15) is 11.1 Å². The van der Waals surface area contributed by atoms with Gasteiger partial charge in [0.05, 0.1) is 4.90 Å². The molecule has 0 unspecified atom stereocenters. The van der Waals surface area contributed by atoms with Gasteiger partial charge in [-0.3, -0.25) is 0 Å². The van der Waals surface area contributed by atoms with E-state index >= 15 is 0 Å². The molecule has 0 aliphatic carbocycles. The van der Waals surface area contributed by atoms with Gasteiger partial charge in [-0.2, -0.15) is 4.31 Å². The molecule has 0 bridgehead atoms. The average Bonchev–Trinajstić information content (AvgIpc) is 2.58. The van der Waals surface area contributed by atoms with Crippen LogP contribution in [-0.2, 0) is 10.0 Å². The minimum Gasteiger partial charge on any atom is -0.369 e. The molecule has 0 aromatic heterocycles. The number of hydrogen-bond acceptors (Lipinski definition) is 3. The fourth-order valence-corrected chi connectivity index (χ4v) is 4.66. The van der Waals surface area contributed by atoms with E-state index in [0.29, 0.717) is 31.2 Å². The summed E-state index contributed by atoms with van der Waals surface area (Å²) in [6.07, 6.45) is 0. The van der Waals surface area contributed by atoms with Crippen molar-refractivity contribution in [2.75, 3.05) is 31.1 Å². The van der Waals surface area contributed by atoms with Crippen LogP contribution in [0.15, 0.2) is 47.4 Å².